The lowest BCUT2D eigenvalue weighted by Gasteiger charge is -1.98. The van der Waals surface area contributed by atoms with Crippen LogP contribution < -0.4 is 0 Å². The van der Waals surface area contributed by atoms with Gasteiger partial charge in [-0.1, -0.05) is 44.2 Å². The molecule has 1 aromatic heterocycles. The second-order valence-electron chi connectivity index (χ2n) is 3.15. The van der Waals surface area contributed by atoms with E-state index >= 15 is 0 Å². The van der Waals surface area contributed by atoms with Gasteiger partial charge in [0, 0.05) is 19.7 Å². The molecule has 4 heteroatoms. The monoisotopic (exact) mass is 235 g/mol. The van der Waals surface area contributed by atoms with Crippen LogP contribution in [0.25, 0.3) is 11.4 Å². The molecule has 0 aliphatic heterocycles. The van der Waals surface area contributed by atoms with Crippen LogP contribution in [0.15, 0.2) is 30.3 Å². The van der Waals surface area contributed by atoms with E-state index in [2.05, 4.69) is 5.10 Å². The minimum Gasteiger partial charge on any atom is -0.303 e. The molecule has 1 heterocycles. The Kier molecular flexibility index (Phi) is 4.43. The zero-order chi connectivity index (χ0) is 12.1. The largest absolute Gasteiger partial charge is 0.303 e. The molecular formula is C12H17N3S. The molecule has 0 unspecified atom stereocenters. The predicted molar refractivity (Wildman–Crippen MR) is 69.8 cm³/mol. The van der Waals surface area contributed by atoms with Crippen molar-refractivity contribution in [1.29, 1.82) is 0 Å². The maximum absolute atomic E-state index is 5.18. The first-order chi connectivity index (χ1) is 7.70. The van der Waals surface area contributed by atoms with Gasteiger partial charge in [0.05, 0.1) is 0 Å². The van der Waals surface area contributed by atoms with Crippen molar-refractivity contribution in [3.63, 3.8) is 0 Å². The first-order valence-corrected chi connectivity index (χ1v) is 5.76. The van der Waals surface area contributed by atoms with Gasteiger partial charge < -0.3 is 4.57 Å². The van der Waals surface area contributed by atoms with Gasteiger partial charge in [0.2, 0.25) is 0 Å². The third kappa shape index (κ3) is 2.39. The van der Waals surface area contributed by atoms with Crippen molar-refractivity contribution in [1.82, 2.24) is 14.3 Å². The van der Waals surface area contributed by atoms with Crippen LogP contribution in [0.2, 0.25) is 0 Å². The molecule has 16 heavy (non-hydrogen) atoms. The molecule has 0 aliphatic rings. The van der Waals surface area contributed by atoms with E-state index in [4.69, 9.17) is 12.2 Å². The standard InChI is InChI=1S/C10H11N3S.C2H6/c1-12-9(11-13(2)10(12)14)8-6-4-3-5-7-8;1-2/h3-7H,1-2H3;1-2H3. The third-order valence-electron chi connectivity index (χ3n) is 2.16. The fourth-order valence-electron chi connectivity index (χ4n) is 1.40. The molecule has 86 valence electrons. The number of rotatable bonds is 1. The van der Waals surface area contributed by atoms with E-state index < -0.39 is 0 Å². The summed E-state index contributed by atoms with van der Waals surface area (Å²) in [5.74, 6) is 0.901. The van der Waals surface area contributed by atoms with E-state index in [0.29, 0.717) is 0 Å². The second kappa shape index (κ2) is 5.61. The number of hydrogen-bond donors (Lipinski definition) is 0. The van der Waals surface area contributed by atoms with E-state index in [1.807, 2.05) is 62.8 Å². The third-order valence-corrected chi connectivity index (χ3v) is 2.70. The van der Waals surface area contributed by atoms with Crippen molar-refractivity contribution in [2.45, 2.75) is 13.8 Å². The minimum absolute atomic E-state index is 0.726. The van der Waals surface area contributed by atoms with Gasteiger partial charge in [-0.25, -0.2) is 4.68 Å². The van der Waals surface area contributed by atoms with Crippen molar-refractivity contribution >= 4 is 12.2 Å². The molecule has 0 amide bonds. The maximum Gasteiger partial charge on any atom is 0.197 e. The summed E-state index contributed by atoms with van der Waals surface area (Å²) in [7, 11) is 3.78. The lowest BCUT2D eigenvalue weighted by atomic mass is 10.2. The molecule has 2 rings (SSSR count). The van der Waals surface area contributed by atoms with Gasteiger partial charge in [-0.2, -0.15) is 5.10 Å². The first-order valence-electron chi connectivity index (χ1n) is 5.35. The van der Waals surface area contributed by atoms with Gasteiger partial charge >= 0.3 is 0 Å². The molecule has 0 aliphatic carbocycles. The molecule has 0 radical (unpaired) electrons. The highest BCUT2D eigenvalue weighted by Gasteiger charge is 2.06. The van der Waals surface area contributed by atoms with Gasteiger partial charge in [-0.15, -0.1) is 0 Å². The number of nitrogens with zero attached hydrogens (tertiary/aromatic N) is 3. The average Bonchev–Trinajstić information content (AvgIpc) is 2.61. The van der Waals surface area contributed by atoms with Crippen LogP contribution in [0.3, 0.4) is 0 Å². The van der Waals surface area contributed by atoms with Gasteiger partial charge in [0.15, 0.2) is 10.6 Å². The molecule has 2 aromatic rings. The molecule has 1 aromatic carbocycles. The van der Waals surface area contributed by atoms with Crippen LogP contribution in [0.1, 0.15) is 13.8 Å². The molecule has 0 saturated carbocycles. The Morgan fingerprint density at radius 1 is 1.06 bits per heavy atom. The number of aryl methyl sites for hydroxylation is 1. The highest BCUT2D eigenvalue weighted by molar-refractivity contribution is 7.71. The van der Waals surface area contributed by atoms with Crippen LogP contribution in [0.5, 0.6) is 0 Å². The summed E-state index contributed by atoms with van der Waals surface area (Å²) in [4.78, 5) is 0. The highest BCUT2D eigenvalue weighted by atomic mass is 32.1. The summed E-state index contributed by atoms with van der Waals surface area (Å²) in [6, 6.07) is 10.0. The molecule has 0 saturated heterocycles. The summed E-state index contributed by atoms with van der Waals surface area (Å²) in [5, 5.41) is 4.36. The summed E-state index contributed by atoms with van der Waals surface area (Å²) in [6.45, 7) is 4.00. The minimum atomic E-state index is 0.726. The number of aromatic nitrogens is 3. The van der Waals surface area contributed by atoms with E-state index in [-0.39, 0.29) is 0 Å². The Morgan fingerprint density at radius 2 is 1.62 bits per heavy atom. The molecule has 0 N–H and O–H groups in total. The summed E-state index contributed by atoms with van der Waals surface area (Å²) in [5.41, 5.74) is 1.08. The van der Waals surface area contributed by atoms with Gasteiger partial charge in [0.25, 0.3) is 0 Å². The van der Waals surface area contributed by atoms with Crippen molar-refractivity contribution in [3.05, 3.63) is 35.1 Å². The van der Waals surface area contributed by atoms with Crippen molar-refractivity contribution in [2.75, 3.05) is 0 Å². The lowest BCUT2D eigenvalue weighted by molar-refractivity contribution is 0.741. The van der Waals surface area contributed by atoms with Crippen LogP contribution in [-0.2, 0) is 14.1 Å². The predicted octanol–water partition coefficient (Wildman–Crippen LogP) is 3.18. The quantitative estimate of drug-likeness (QED) is 0.708. The van der Waals surface area contributed by atoms with Gasteiger partial charge in [0.1, 0.15) is 0 Å². The summed E-state index contributed by atoms with van der Waals surface area (Å²) in [6.07, 6.45) is 0. The van der Waals surface area contributed by atoms with Crippen molar-refractivity contribution in [2.24, 2.45) is 14.1 Å². The summed E-state index contributed by atoms with van der Waals surface area (Å²) >= 11 is 5.18. The Balaban J connectivity index is 0.000000606. The molecular weight excluding hydrogens is 218 g/mol. The van der Waals surface area contributed by atoms with Gasteiger partial charge in [-0.3, -0.25) is 0 Å². The smallest absolute Gasteiger partial charge is 0.197 e. The fraction of sp³-hybridized carbons (Fsp3) is 0.333. The average molecular weight is 235 g/mol. The van der Waals surface area contributed by atoms with E-state index in [0.717, 1.165) is 16.2 Å². The molecule has 0 bridgehead atoms. The zero-order valence-corrected chi connectivity index (χ0v) is 11.0. The van der Waals surface area contributed by atoms with Crippen LogP contribution in [0, 0.1) is 4.77 Å². The Morgan fingerprint density at radius 3 is 2.06 bits per heavy atom. The zero-order valence-electron chi connectivity index (χ0n) is 10.1. The Labute approximate surface area is 101 Å². The molecule has 0 fully saturated rings. The number of hydrogen-bond acceptors (Lipinski definition) is 2. The van der Waals surface area contributed by atoms with E-state index in [9.17, 15) is 0 Å². The van der Waals surface area contributed by atoms with Crippen molar-refractivity contribution < 1.29 is 0 Å². The normalized spacial score (nSPS) is 9.50. The maximum atomic E-state index is 5.18. The van der Waals surface area contributed by atoms with E-state index in [1.54, 1.807) is 4.68 Å². The Hall–Kier alpha value is -1.42. The van der Waals surface area contributed by atoms with Crippen LogP contribution in [0.4, 0.5) is 0 Å². The SMILES string of the molecule is CC.Cn1nc(-c2ccccc2)n(C)c1=S. The van der Waals surface area contributed by atoms with Crippen molar-refractivity contribution in [3.8, 4) is 11.4 Å². The van der Waals surface area contributed by atoms with Gasteiger partial charge in [-0.05, 0) is 12.2 Å². The summed E-state index contributed by atoms with van der Waals surface area (Å²) < 4.78 is 4.34. The van der Waals surface area contributed by atoms with Crippen LogP contribution >= 0.6 is 12.2 Å². The molecule has 3 nitrogen and oxygen atoms in total. The first kappa shape index (κ1) is 12.6. The highest BCUT2D eigenvalue weighted by Crippen LogP contribution is 2.15. The lowest BCUT2D eigenvalue weighted by Crippen LogP contribution is -1.92. The topological polar surface area (TPSA) is 22.8 Å². The number of benzene rings is 1. The fourth-order valence-corrected chi connectivity index (χ4v) is 1.53. The Bertz CT molecular complexity index is 497. The molecule has 0 atom stereocenters. The molecule has 0 spiro atoms. The van der Waals surface area contributed by atoms with Crippen LogP contribution in [-0.4, -0.2) is 14.3 Å². The van der Waals surface area contributed by atoms with E-state index in [1.165, 1.54) is 0 Å². The second-order valence-corrected chi connectivity index (χ2v) is 3.52.